The van der Waals surface area contributed by atoms with E-state index in [1.807, 2.05) is 24.3 Å². The van der Waals surface area contributed by atoms with Crippen molar-refractivity contribution in [1.29, 1.82) is 0 Å². The van der Waals surface area contributed by atoms with Crippen molar-refractivity contribution in [2.45, 2.75) is 38.5 Å². The molecule has 1 atom stereocenters. The predicted octanol–water partition coefficient (Wildman–Crippen LogP) is 5.25. The van der Waals surface area contributed by atoms with Crippen LogP contribution in [0.25, 0.3) is 5.70 Å². The summed E-state index contributed by atoms with van der Waals surface area (Å²) in [6.07, 6.45) is 3.07. The molecule has 0 bridgehead atoms. The van der Waals surface area contributed by atoms with E-state index in [-0.39, 0.29) is 17.4 Å². The Bertz CT molecular complexity index is 1090. The molecule has 3 nitrogen and oxygen atoms in total. The number of Topliss-reactive ketones (excluding diaryl/α,β-unsaturated/α-hetero) is 2. The number of hydrogen-bond donors (Lipinski definition) is 0. The zero-order valence-electron chi connectivity index (χ0n) is 16.4. The third-order valence-electron chi connectivity index (χ3n) is 6.18. The van der Waals surface area contributed by atoms with Gasteiger partial charge in [0.2, 0.25) is 0 Å². The van der Waals surface area contributed by atoms with Gasteiger partial charge in [-0.2, -0.15) is 0 Å². The minimum absolute atomic E-state index is 0.0176. The van der Waals surface area contributed by atoms with Crippen LogP contribution in [0, 0.1) is 5.82 Å². The van der Waals surface area contributed by atoms with Crippen LogP contribution >= 0.6 is 0 Å². The van der Waals surface area contributed by atoms with Crippen LogP contribution in [0.1, 0.15) is 60.0 Å². The van der Waals surface area contributed by atoms with Crippen LogP contribution in [-0.2, 0) is 4.79 Å². The summed E-state index contributed by atoms with van der Waals surface area (Å²) in [7, 11) is 0. The number of nitrogens with zero attached hydrogens (tertiary/aromatic N) is 1. The normalized spacial score (nSPS) is 20.8. The van der Waals surface area contributed by atoms with Gasteiger partial charge in [0.15, 0.2) is 11.6 Å². The lowest BCUT2D eigenvalue weighted by Crippen LogP contribution is -2.35. The first kappa shape index (κ1) is 18.0. The molecular weight excluding hydrogens is 365 g/mol. The SMILES string of the molecule is CCCN1C2=C(C(=O)CCC2)C(c2ccc(F)cc2)C2=C1c1ccccc1C2=O. The fourth-order valence-electron chi connectivity index (χ4n) is 5.04. The number of rotatable bonds is 3. The standard InChI is InChI=1S/C25H22FNO2/c1-2-14-27-19-8-5-9-20(28)22(19)21(15-10-12-16(26)13-11-15)23-24(27)17-6-3-4-7-18(17)25(23)29/h3-4,6-7,10-13,21H,2,5,8-9,14H2,1H3. The van der Waals surface area contributed by atoms with E-state index in [9.17, 15) is 14.0 Å². The molecule has 29 heavy (non-hydrogen) atoms. The highest BCUT2D eigenvalue weighted by atomic mass is 19.1. The monoisotopic (exact) mass is 387 g/mol. The highest BCUT2D eigenvalue weighted by Crippen LogP contribution is 2.52. The maximum Gasteiger partial charge on any atom is 0.192 e. The molecule has 0 spiro atoms. The molecule has 3 aliphatic rings. The van der Waals surface area contributed by atoms with Gasteiger partial charge in [-0.15, -0.1) is 0 Å². The second-order valence-corrected chi connectivity index (χ2v) is 7.91. The van der Waals surface area contributed by atoms with E-state index in [1.54, 1.807) is 12.1 Å². The number of benzene rings is 2. The van der Waals surface area contributed by atoms with Crippen LogP contribution in [0.2, 0.25) is 0 Å². The molecule has 0 fully saturated rings. The molecule has 0 aromatic heterocycles. The Kier molecular flexibility index (Phi) is 4.23. The maximum atomic E-state index is 13.6. The minimum Gasteiger partial charge on any atom is -0.344 e. The second kappa shape index (κ2) is 6.80. The van der Waals surface area contributed by atoms with Gasteiger partial charge < -0.3 is 4.90 Å². The van der Waals surface area contributed by atoms with Gasteiger partial charge in [-0.1, -0.05) is 43.3 Å². The summed E-state index contributed by atoms with van der Waals surface area (Å²) in [5.74, 6) is -0.661. The van der Waals surface area contributed by atoms with Crippen LogP contribution in [-0.4, -0.2) is 23.0 Å². The third kappa shape index (κ3) is 2.62. The molecule has 5 rings (SSSR count). The van der Waals surface area contributed by atoms with E-state index >= 15 is 0 Å². The van der Waals surface area contributed by atoms with Crippen LogP contribution in [0.3, 0.4) is 0 Å². The first-order valence-corrected chi connectivity index (χ1v) is 10.3. The lowest BCUT2D eigenvalue weighted by atomic mass is 9.74. The van der Waals surface area contributed by atoms with Gasteiger partial charge in [-0.25, -0.2) is 4.39 Å². The Morgan fingerprint density at radius 1 is 0.966 bits per heavy atom. The summed E-state index contributed by atoms with van der Waals surface area (Å²) in [5.41, 5.74) is 5.82. The second-order valence-electron chi connectivity index (χ2n) is 7.91. The Hall–Kier alpha value is -3.01. The lowest BCUT2D eigenvalue weighted by molar-refractivity contribution is -0.116. The number of ketones is 2. The van der Waals surface area contributed by atoms with Crippen molar-refractivity contribution in [3.63, 3.8) is 0 Å². The van der Waals surface area contributed by atoms with E-state index in [4.69, 9.17) is 0 Å². The number of allylic oxidation sites excluding steroid dienone is 3. The van der Waals surface area contributed by atoms with E-state index in [0.29, 0.717) is 17.6 Å². The van der Waals surface area contributed by atoms with Gasteiger partial charge in [0.05, 0.1) is 5.70 Å². The minimum atomic E-state index is -0.429. The third-order valence-corrected chi connectivity index (χ3v) is 6.18. The van der Waals surface area contributed by atoms with Crippen LogP contribution in [0.15, 0.2) is 65.4 Å². The highest BCUT2D eigenvalue weighted by molar-refractivity contribution is 6.23. The smallest absolute Gasteiger partial charge is 0.192 e. The van der Waals surface area contributed by atoms with Gasteiger partial charge in [0, 0.05) is 46.9 Å². The fourth-order valence-corrected chi connectivity index (χ4v) is 5.04. The fraction of sp³-hybridized carbons (Fsp3) is 0.280. The van der Waals surface area contributed by atoms with Crippen LogP contribution in [0.5, 0.6) is 0 Å². The molecule has 0 N–H and O–H groups in total. The van der Waals surface area contributed by atoms with Crippen molar-refractivity contribution in [3.05, 3.63) is 87.9 Å². The first-order chi connectivity index (χ1) is 14.1. The maximum absolute atomic E-state index is 13.6. The Labute approximate surface area is 169 Å². The lowest BCUT2D eigenvalue weighted by Gasteiger charge is -2.40. The summed E-state index contributed by atoms with van der Waals surface area (Å²) in [6.45, 7) is 2.88. The summed E-state index contributed by atoms with van der Waals surface area (Å²) in [6, 6.07) is 13.9. The van der Waals surface area contributed by atoms with E-state index in [2.05, 4.69) is 11.8 Å². The van der Waals surface area contributed by atoms with Gasteiger partial charge in [-0.05, 0) is 37.0 Å². The van der Waals surface area contributed by atoms with E-state index in [0.717, 1.165) is 53.9 Å². The molecule has 1 unspecified atom stereocenters. The van der Waals surface area contributed by atoms with Crippen LogP contribution < -0.4 is 0 Å². The number of fused-ring (bicyclic) bond motifs is 2. The van der Waals surface area contributed by atoms with E-state index < -0.39 is 5.92 Å². The summed E-state index contributed by atoms with van der Waals surface area (Å²) >= 11 is 0. The number of carbonyl (C=O) groups is 2. The average Bonchev–Trinajstić information content (AvgIpc) is 3.03. The predicted molar refractivity (Wildman–Crippen MR) is 110 cm³/mol. The molecule has 2 aromatic rings. The highest BCUT2D eigenvalue weighted by Gasteiger charge is 2.46. The van der Waals surface area contributed by atoms with E-state index in [1.165, 1.54) is 12.1 Å². The molecule has 146 valence electrons. The summed E-state index contributed by atoms with van der Waals surface area (Å²) in [4.78, 5) is 28.8. The average molecular weight is 387 g/mol. The molecule has 0 amide bonds. The molecule has 2 aliphatic carbocycles. The molecule has 0 radical (unpaired) electrons. The molecule has 1 heterocycles. The van der Waals surface area contributed by atoms with Crippen molar-refractivity contribution in [3.8, 4) is 0 Å². The molecule has 0 saturated carbocycles. The topological polar surface area (TPSA) is 37.4 Å². The number of hydrogen-bond acceptors (Lipinski definition) is 3. The zero-order valence-corrected chi connectivity index (χ0v) is 16.4. The van der Waals surface area contributed by atoms with Crippen molar-refractivity contribution < 1.29 is 14.0 Å². The van der Waals surface area contributed by atoms with Crippen molar-refractivity contribution in [2.75, 3.05) is 6.54 Å². The largest absolute Gasteiger partial charge is 0.344 e. The van der Waals surface area contributed by atoms with Gasteiger partial charge in [-0.3, -0.25) is 9.59 Å². The van der Waals surface area contributed by atoms with Crippen molar-refractivity contribution >= 4 is 17.3 Å². The van der Waals surface area contributed by atoms with Crippen molar-refractivity contribution in [1.82, 2.24) is 4.90 Å². The molecular formula is C25H22FNO2. The summed E-state index contributed by atoms with van der Waals surface area (Å²) in [5, 5.41) is 0. The first-order valence-electron chi connectivity index (χ1n) is 10.3. The van der Waals surface area contributed by atoms with Crippen molar-refractivity contribution in [2.24, 2.45) is 0 Å². The van der Waals surface area contributed by atoms with Gasteiger partial charge in [0.25, 0.3) is 0 Å². The number of halogens is 1. The number of carbonyl (C=O) groups excluding carboxylic acids is 2. The Morgan fingerprint density at radius 2 is 1.69 bits per heavy atom. The van der Waals surface area contributed by atoms with Gasteiger partial charge in [0.1, 0.15) is 5.82 Å². The van der Waals surface area contributed by atoms with Gasteiger partial charge >= 0.3 is 0 Å². The molecule has 1 aliphatic heterocycles. The Balaban J connectivity index is 1.80. The quantitative estimate of drug-likeness (QED) is 0.722. The van der Waals surface area contributed by atoms with Crippen LogP contribution in [0.4, 0.5) is 4.39 Å². The molecule has 0 saturated heterocycles. The Morgan fingerprint density at radius 3 is 2.41 bits per heavy atom. The zero-order chi connectivity index (χ0) is 20.1. The summed E-state index contributed by atoms with van der Waals surface area (Å²) < 4.78 is 13.6. The molecule has 4 heteroatoms. The molecule has 2 aromatic carbocycles.